The Morgan fingerprint density at radius 3 is 2.44 bits per heavy atom. The topological polar surface area (TPSA) is 67.6 Å². The van der Waals surface area contributed by atoms with Gasteiger partial charge in [0.15, 0.2) is 5.69 Å². The SMILES string of the molecule is CCN(CCO)C(=O)c1cc(-c2ccc(OC)cc2)n(-c2ccccc2)n1. The molecule has 1 amide bonds. The number of ether oxygens (including phenoxy) is 1. The molecule has 0 bridgehead atoms. The summed E-state index contributed by atoms with van der Waals surface area (Å²) in [5, 5.41) is 13.8. The van der Waals surface area contributed by atoms with Crippen LogP contribution in [-0.2, 0) is 0 Å². The lowest BCUT2D eigenvalue weighted by Crippen LogP contribution is -2.33. The van der Waals surface area contributed by atoms with E-state index in [1.807, 2.05) is 61.5 Å². The number of aromatic nitrogens is 2. The van der Waals surface area contributed by atoms with Crippen molar-refractivity contribution in [3.05, 3.63) is 66.4 Å². The van der Waals surface area contributed by atoms with Crippen LogP contribution >= 0.6 is 0 Å². The van der Waals surface area contributed by atoms with Crippen molar-refractivity contribution in [2.24, 2.45) is 0 Å². The fourth-order valence-corrected chi connectivity index (χ4v) is 2.91. The first-order valence-electron chi connectivity index (χ1n) is 8.88. The van der Waals surface area contributed by atoms with E-state index in [4.69, 9.17) is 4.74 Å². The van der Waals surface area contributed by atoms with Gasteiger partial charge in [0.05, 0.1) is 25.1 Å². The van der Waals surface area contributed by atoms with Gasteiger partial charge in [0, 0.05) is 18.7 Å². The lowest BCUT2D eigenvalue weighted by molar-refractivity contribution is 0.0725. The van der Waals surface area contributed by atoms with Crippen molar-refractivity contribution in [3.8, 4) is 22.7 Å². The molecule has 0 aliphatic rings. The number of methoxy groups -OCH3 is 1. The monoisotopic (exact) mass is 365 g/mol. The van der Waals surface area contributed by atoms with E-state index in [1.54, 1.807) is 22.8 Å². The number of carbonyl (C=O) groups is 1. The van der Waals surface area contributed by atoms with Gasteiger partial charge in [-0.15, -0.1) is 0 Å². The third kappa shape index (κ3) is 4.01. The summed E-state index contributed by atoms with van der Waals surface area (Å²) in [5.74, 6) is 0.567. The minimum atomic E-state index is -0.198. The second-order valence-electron chi connectivity index (χ2n) is 6.00. The maximum absolute atomic E-state index is 12.8. The molecule has 1 N–H and O–H groups in total. The quantitative estimate of drug-likeness (QED) is 0.699. The molecule has 1 heterocycles. The highest BCUT2D eigenvalue weighted by Crippen LogP contribution is 2.26. The number of aliphatic hydroxyl groups is 1. The summed E-state index contributed by atoms with van der Waals surface area (Å²) in [7, 11) is 1.63. The van der Waals surface area contributed by atoms with Crippen molar-refractivity contribution >= 4 is 5.91 Å². The number of amides is 1. The Morgan fingerprint density at radius 2 is 1.85 bits per heavy atom. The number of hydrogen-bond acceptors (Lipinski definition) is 4. The molecular formula is C21H23N3O3. The van der Waals surface area contributed by atoms with E-state index in [0.29, 0.717) is 12.2 Å². The predicted octanol–water partition coefficient (Wildman–Crippen LogP) is 3.00. The Kier molecular flexibility index (Phi) is 5.88. The van der Waals surface area contributed by atoms with Crippen LogP contribution in [0.3, 0.4) is 0 Å². The number of rotatable bonds is 7. The molecule has 0 radical (unpaired) electrons. The molecule has 140 valence electrons. The number of benzene rings is 2. The third-order valence-electron chi connectivity index (χ3n) is 4.35. The van der Waals surface area contributed by atoms with E-state index in [1.165, 1.54) is 0 Å². The van der Waals surface area contributed by atoms with E-state index in [2.05, 4.69) is 5.10 Å². The Labute approximate surface area is 158 Å². The number of hydrogen-bond donors (Lipinski definition) is 1. The highest BCUT2D eigenvalue weighted by Gasteiger charge is 2.20. The van der Waals surface area contributed by atoms with Crippen LogP contribution in [0.1, 0.15) is 17.4 Å². The van der Waals surface area contributed by atoms with Gasteiger partial charge in [-0.2, -0.15) is 5.10 Å². The lowest BCUT2D eigenvalue weighted by atomic mass is 10.1. The normalized spacial score (nSPS) is 10.6. The summed E-state index contributed by atoms with van der Waals surface area (Å²) >= 11 is 0. The molecule has 0 unspecified atom stereocenters. The molecule has 0 atom stereocenters. The zero-order valence-electron chi connectivity index (χ0n) is 15.5. The van der Waals surface area contributed by atoms with Crippen LogP contribution in [-0.4, -0.2) is 52.5 Å². The summed E-state index contributed by atoms with van der Waals surface area (Å²) in [6.45, 7) is 2.59. The van der Waals surface area contributed by atoms with E-state index >= 15 is 0 Å². The highest BCUT2D eigenvalue weighted by atomic mass is 16.5. The third-order valence-corrected chi connectivity index (χ3v) is 4.35. The number of likely N-dealkylation sites (N-methyl/N-ethyl adjacent to an activating group) is 1. The van der Waals surface area contributed by atoms with Gasteiger partial charge in [-0.05, 0) is 49.4 Å². The predicted molar refractivity (Wildman–Crippen MR) is 104 cm³/mol. The van der Waals surface area contributed by atoms with Crippen molar-refractivity contribution in [1.82, 2.24) is 14.7 Å². The first-order chi connectivity index (χ1) is 13.2. The second kappa shape index (κ2) is 8.51. The molecule has 0 saturated heterocycles. The van der Waals surface area contributed by atoms with Crippen LogP contribution in [0.2, 0.25) is 0 Å². The number of nitrogens with zero attached hydrogens (tertiary/aromatic N) is 3. The minimum absolute atomic E-state index is 0.0791. The zero-order valence-corrected chi connectivity index (χ0v) is 15.5. The van der Waals surface area contributed by atoms with Crippen LogP contribution in [0, 0.1) is 0 Å². The summed E-state index contributed by atoms with van der Waals surface area (Å²) in [6.07, 6.45) is 0. The molecule has 0 saturated carbocycles. The minimum Gasteiger partial charge on any atom is -0.497 e. The lowest BCUT2D eigenvalue weighted by Gasteiger charge is -2.17. The van der Waals surface area contributed by atoms with E-state index in [-0.39, 0.29) is 19.1 Å². The fourth-order valence-electron chi connectivity index (χ4n) is 2.91. The van der Waals surface area contributed by atoms with Crippen molar-refractivity contribution < 1.29 is 14.6 Å². The van der Waals surface area contributed by atoms with Crippen LogP contribution in [0.25, 0.3) is 16.9 Å². The second-order valence-corrected chi connectivity index (χ2v) is 6.00. The molecule has 3 rings (SSSR count). The first-order valence-corrected chi connectivity index (χ1v) is 8.88. The van der Waals surface area contributed by atoms with Gasteiger partial charge in [-0.3, -0.25) is 4.79 Å². The highest BCUT2D eigenvalue weighted by molar-refractivity contribution is 5.93. The van der Waals surface area contributed by atoms with Gasteiger partial charge in [0.1, 0.15) is 5.75 Å². The molecule has 2 aromatic carbocycles. The average Bonchev–Trinajstić information content (AvgIpc) is 3.17. The standard InChI is InChI=1S/C21H23N3O3/c1-3-23(13-14-25)21(26)19-15-20(16-9-11-18(27-2)12-10-16)24(22-19)17-7-5-4-6-8-17/h4-12,15,25H,3,13-14H2,1-2H3. The summed E-state index contributed by atoms with van der Waals surface area (Å²) in [6, 6.07) is 19.1. The van der Waals surface area contributed by atoms with Gasteiger partial charge in [0.2, 0.25) is 0 Å². The number of para-hydroxylation sites is 1. The van der Waals surface area contributed by atoms with Crippen LogP contribution in [0.4, 0.5) is 0 Å². The largest absolute Gasteiger partial charge is 0.497 e. The van der Waals surface area contributed by atoms with Gasteiger partial charge in [0.25, 0.3) is 5.91 Å². The van der Waals surface area contributed by atoms with E-state index < -0.39 is 0 Å². The molecule has 0 aliphatic heterocycles. The van der Waals surface area contributed by atoms with Crippen molar-refractivity contribution in [2.45, 2.75) is 6.92 Å². The molecule has 1 aromatic heterocycles. The molecule has 0 aliphatic carbocycles. The Morgan fingerprint density at radius 1 is 1.15 bits per heavy atom. The Balaban J connectivity index is 2.07. The van der Waals surface area contributed by atoms with Gasteiger partial charge in [-0.25, -0.2) is 4.68 Å². The molecule has 27 heavy (non-hydrogen) atoms. The van der Waals surface area contributed by atoms with E-state index in [0.717, 1.165) is 22.7 Å². The van der Waals surface area contributed by atoms with Gasteiger partial charge < -0.3 is 14.7 Å². The molecule has 0 spiro atoms. The zero-order chi connectivity index (χ0) is 19.2. The maximum atomic E-state index is 12.8. The van der Waals surface area contributed by atoms with Crippen LogP contribution in [0.15, 0.2) is 60.7 Å². The Hall–Kier alpha value is -3.12. The number of aliphatic hydroxyl groups excluding tert-OH is 1. The van der Waals surface area contributed by atoms with Crippen LogP contribution in [0.5, 0.6) is 5.75 Å². The Bertz CT molecular complexity index is 889. The smallest absolute Gasteiger partial charge is 0.274 e. The summed E-state index contributed by atoms with van der Waals surface area (Å²) in [5.41, 5.74) is 2.95. The van der Waals surface area contributed by atoms with Gasteiger partial charge >= 0.3 is 0 Å². The van der Waals surface area contributed by atoms with E-state index in [9.17, 15) is 9.90 Å². The molecule has 0 fully saturated rings. The molecule has 6 nitrogen and oxygen atoms in total. The van der Waals surface area contributed by atoms with Gasteiger partial charge in [-0.1, -0.05) is 18.2 Å². The summed E-state index contributed by atoms with van der Waals surface area (Å²) in [4.78, 5) is 14.4. The molecule has 3 aromatic rings. The fraction of sp³-hybridized carbons (Fsp3) is 0.238. The molecule has 6 heteroatoms. The van der Waals surface area contributed by atoms with Crippen molar-refractivity contribution in [3.63, 3.8) is 0 Å². The number of carbonyl (C=O) groups excluding carboxylic acids is 1. The average molecular weight is 365 g/mol. The summed E-state index contributed by atoms with van der Waals surface area (Å²) < 4.78 is 7.00. The first kappa shape index (κ1) is 18.7. The van der Waals surface area contributed by atoms with Crippen LogP contribution < -0.4 is 4.74 Å². The van der Waals surface area contributed by atoms with Crippen molar-refractivity contribution in [1.29, 1.82) is 0 Å². The maximum Gasteiger partial charge on any atom is 0.274 e. The molecular weight excluding hydrogens is 342 g/mol. The van der Waals surface area contributed by atoms with Crippen molar-refractivity contribution in [2.75, 3.05) is 26.8 Å².